The Bertz CT molecular complexity index is 576. The lowest BCUT2D eigenvalue weighted by molar-refractivity contribution is -0.137. The molecule has 2 aromatic rings. The average Bonchev–Trinajstić information content (AvgIpc) is 2.80. The Morgan fingerprint density at radius 1 is 1.33 bits per heavy atom. The van der Waals surface area contributed by atoms with Crippen LogP contribution in [0.25, 0.3) is 11.5 Å². The summed E-state index contributed by atoms with van der Waals surface area (Å²) in [6.45, 7) is 0. The number of nitrogens with two attached hydrogens (primary N) is 1. The summed E-state index contributed by atoms with van der Waals surface area (Å²) >= 11 is 0. The van der Waals surface area contributed by atoms with Gasteiger partial charge in [0, 0.05) is 5.56 Å². The van der Waals surface area contributed by atoms with Crippen molar-refractivity contribution in [3.8, 4) is 11.5 Å². The largest absolute Gasteiger partial charge is 0.445 e. The molecule has 0 aliphatic carbocycles. The number of benzene rings is 1. The highest BCUT2D eigenvalue weighted by atomic mass is 19.4. The van der Waals surface area contributed by atoms with E-state index in [4.69, 9.17) is 10.2 Å². The molecule has 7 heteroatoms. The average molecular weight is 256 g/mol. The molecule has 1 aromatic heterocycles. The Hall–Kier alpha value is -2.31. The zero-order valence-corrected chi connectivity index (χ0v) is 8.86. The molecule has 2 N–H and O–H groups in total. The number of oxazole rings is 1. The number of hydrogen-bond acceptors (Lipinski definition) is 3. The molecular weight excluding hydrogens is 249 g/mol. The lowest BCUT2D eigenvalue weighted by Gasteiger charge is -2.11. The maximum Gasteiger partial charge on any atom is 0.417 e. The van der Waals surface area contributed by atoms with E-state index >= 15 is 0 Å². The van der Waals surface area contributed by atoms with E-state index in [-0.39, 0.29) is 11.5 Å². The second kappa shape index (κ2) is 4.17. The second-order valence-electron chi connectivity index (χ2n) is 3.46. The summed E-state index contributed by atoms with van der Waals surface area (Å²) < 4.78 is 42.8. The zero-order chi connectivity index (χ0) is 13.3. The minimum Gasteiger partial charge on any atom is -0.445 e. The molecule has 0 bridgehead atoms. The maximum absolute atomic E-state index is 12.6. The molecule has 0 atom stereocenters. The molecule has 0 aliphatic heterocycles. The van der Waals surface area contributed by atoms with Gasteiger partial charge in [0.25, 0.3) is 0 Å². The van der Waals surface area contributed by atoms with E-state index in [2.05, 4.69) is 4.98 Å². The lowest BCUT2D eigenvalue weighted by atomic mass is 10.0. The molecule has 18 heavy (non-hydrogen) atoms. The predicted octanol–water partition coefficient (Wildman–Crippen LogP) is 2.46. The van der Waals surface area contributed by atoms with Crippen molar-refractivity contribution < 1.29 is 22.4 Å². The first-order valence-electron chi connectivity index (χ1n) is 4.80. The summed E-state index contributed by atoms with van der Waals surface area (Å²) in [7, 11) is 0. The normalized spacial score (nSPS) is 11.5. The van der Waals surface area contributed by atoms with Gasteiger partial charge in [-0.05, 0) is 18.2 Å². The maximum atomic E-state index is 12.6. The van der Waals surface area contributed by atoms with Crippen LogP contribution in [-0.2, 0) is 6.18 Å². The Balaban J connectivity index is 2.58. The van der Waals surface area contributed by atoms with Crippen molar-refractivity contribution >= 4 is 5.91 Å². The number of rotatable bonds is 2. The van der Waals surface area contributed by atoms with E-state index in [0.29, 0.717) is 0 Å². The van der Waals surface area contributed by atoms with Crippen LogP contribution in [-0.4, -0.2) is 10.9 Å². The SMILES string of the molecule is NC(=O)c1cc(-c2ncco2)ccc1C(F)(F)F. The third-order valence-corrected chi connectivity index (χ3v) is 2.27. The standard InChI is InChI=1S/C11H7F3N2O2/c12-11(13,14)8-2-1-6(5-7(8)9(15)17)10-16-3-4-18-10/h1-5H,(H2,15,17). The van der Waals surface area contributed by atoms with Crippen molar-refractivity contribution in [1.29, 1.82) is 0 Å². The minimum absolute atomic E-state index is 0.117. The van der Waals surface area contributed by atoms with Gasteiger partial charge in [0.15, 0.2) is 0 Å². The first kappa shape index (κ1) is 12.2. The molecule has 0 saturated heterocycles. The topological polar surface area (TPSA) is 69.1 Å². The van der Waals surface area contributed by atoms with Crippen LogP contribution < -0.4 is 5.73 Å². The highest BCUT2D eigenvalue weighted by Gasteiger charge is 2.35. The van der Waals surface area contributed by atoms with Crippen molar-refractivity contribution in [2.24, 2.45) is 5.73 Å². The van der Waals surface area contributed by atoms with Gasteiger partial charge in [-0.2, -0.15) is 13.2 Å². The molecule has 0 saturated carbocycles. The van der Waals surface area contributed by atoms with Gasteiger partial charge < -0.3 is 10.2 Å². The Labute approximate surface area is 99.2 Å². The van der Waals surface area contributed by atoms with Gasteiger partial charge in [-0.25, -0.2) is 4.98 Å². The quantitative estimate of drug-likeness (QED) is 0.897. The summed E-state index contributed by atoms with van der Waals surface area (Å²) in [5.74, 6) is -1.04. The van der Waals surface area contributed by atoms with Gasteiger partial charge in [0.2, 0.25) is 11.8 Å². The van der Waals surface area contributed by atoms with Gasteiger partial charge in [-0.1, -0.05) is 0 Å². The van der Waals surface area contributed by atoms with Gasteiger partial charge in [-0.3, -0.25) is 4.79 Å². The van der Waals surface area contributed by atoms with Crippen molar-refractivity contribution in [2.45, 2.75) is 6.18 Å². The molecule has 2 rings (SSSR count). The Morgan fingerprint density at radius 2 is 2.06 bits per heavy atom. The van der Waals surface area contributed by atoms with Crippen LogP contribution in [0.2, 0.25) is 0 Å². The van der Waals surface area contributed by atoms with E-state index < -0.39 is 23.2 Å². The first-order chi connectivity index (χ1) is 8.39. The first-order valence-corrected chi connectivity index (χ1v) is 4.80. The fourth-order valence-corrected chi connectivity index (χ4v) is 1.49. The number of nitrogens with zero attached hydrogens (tertiary/aromatic N) is 1. The Morgan fingerprint density at radius 3 is 2.56 bits per heavy atom. The fourth-order valence-electron chi connectivity index (χ4n) is 1.49. The number of carbonyl (C=O) groups is 1. The molecule has 0 aliphatic rings. The molecule has 4 nitrogen and oxygen atoms in total. The van der Waals surface area contributed by atoms with Gasteiger partial charge in [-0.15, -0.1) is 0 Å². The summed E-state index contributed by atoms with van der Waals surface area (Å²) in [6.07, 6.45) is -2.02. The van der Waals surface area contributed by atoms with E-state index in [0.717, 1.165) is 12.1 Å². The van der Waals surface area contributed by atoms with Gasteiger partial charge in [0.1, 0.15) is 6.26 Å². The zero-order valence-electron chi connectivity index (χ0n) is 8.86. The molecule has 1 aromatic carbocycles. The minimum atomic E-state index is -4.64. The molecular formula is C11H7F3N2O2. The van der Waals surface area contributed by atoms with Crippen LogP contribution in [0.15, 0.2) is 35.1 Å². The molecule has 1 amide bonds. The molecule has 0 unspecified atom stereocenters. The number of alkyl halides is 3. The fraction of sp³-hybridized carbons (Fsp3) is 0.0909. The number of halogens is 3. The summed E-state index contributed by atoms with van der Waals surface area (Å²) in [5, 5.41) is 0. The molecule has 1 heterocycles. The van der Waals surface area contributed by atoms with Crippen molar-refractivity contribution in [3.63, 3.8) is 0 Å². The Kier molecular flexibility index (Phi) is 2.82. The molecule has 0 radical (unpaired) electrons. The van der Waals surface area contributed by atoms with Gasteiger partial charge >= 0.3 is 6.18 Å². The van der Waals surface area contributed by atoms with E-state index in [1.165, 1.54) is 18.5 Å². The van der Waals surface area contributed by atoms with Crippen LogP contribution in [0.4, 0.5) is 13.2 Å². The second-order valence-corrected chi connectivity index (χ2v) is 3.46. The summed E-state index contributed by atoms with van der Waals surface area (Å²) in [6, 6.07) is 2.96. The van der Waals surface area contributed by atoms with Crippen LogP contribution in [0.1, 0.15) is 15.9 Å². The highest BCUT2D eigenvalue weighted by Crippen LogP contribution is 2.33. The van der Waals surface area contributed by atoms with E-state index in [1.54, 1.807) is 0 Å². The number of carbonyl (C=O) groups excluding carboxylic acids is 1. The lowest BCUT2D eigenvalue weighted by Crippen LogP contribution is -2.18. The summed E-state index contributed by atoms with van der Waals surface area (Å²) in [4.78, 5) is 14.8. The van der Waals surface area contributed by atoms with Crippen LogP contribution in [0, 0.1) is 0 Å². The van der Waals surface area contributed by atoms with Crippen molar-refractivity contribution in [1.82, 2.24) is 4.98 Å². The number of amides is 1. The van der Waals surface area contributed by atoms with Crippen molar-refractivity contribution in [3.05, 3.63) is 41.8 Å². The van der Waals surface area contributed by atoms with Crippen molar-refractivity contribution in [2.75, 3.05) is 0 Å². The third-order valence-electron chi connectivity index (χ3n) is 2.27. The van der Waals surface area contributed by atoms with Gasteiger partial charge in [0.05, 0.1) is 17.3 Å². The number of aromatic nitrogens is 1. The monoisotopic (exact) mass is 256 g/mol. The third kappa shape index (κ3) is 2.20. The highest BCUT2D eigenvalue weighted by molar-refractivity contribution is 5.95. The van der Waals surface area contributed by atoms with E-state index in [9.17, 15) is 18.0 Å². The van der Waals surface area contributed by atoms with Crippen LogP contribution in [0.5, 0.6) is 0 Å². The van der Waals surface area contributed by atoms with Crippen LogP contribution >= 0.6 is 0 Å². The number of primary amides is 1. The summed E-state index contributed by atoms with van der Waals surface area (Å²) in [5.41, 5.74) is 3.50. The number of hydrogen-bond donors (Lipinski definition) is 1. The smallest absolute Gasteiger partial charge is 0.417 e. The van der Waals surface area contributed by atoms with Crippen LogP contribution in [0.3, 0.4) is 0 Å². The van der Waals surface area contributed by atoms with E-state index in [1.807, 2.05) is 0 Å². The predicted molar refractivity (Wildman–Crippen MR) is 55.5 cm³/mol. The molecule has 0 fully saturated rings. The molecule has 0 spiro atoms. The molecule has 94 valence electrons.